The molecule has 7 aromatic rings. The molecule has 0 fully saturated rings. The SMILES string of the molecule is C=CC(=O)Oc1c(CCCCC)cc(CCCCC)cc1C(C)c1cc(CCCCC)cc(CCCCC)c1O.CCCCOC(=O)CCc1cc(C)c(O)c(C)c1.CCOC(=O)CCc1cc(C)c(O)c(C)c1.CCOP(=O)(Cc1cc(C)c(O)c(C)c1)OCC.COCCOC(=O)CCc1cc(C)c(O)c(C)c1.C[SiH](C)O[Si](C)(C)C.Cc1cc(CCC[SiH](O)O[Si](C)(C)C)cc(C)c1O. The fraction of sp³-hybridized carbons (Fsp3) is 0.568. The van der Waals surface area contributed by atoms with Crippen LogP contribution in [-0.2, 0) is 117 Å². The average Bonchev–Trinajstić information content (AvgIpc) is 0.771. The number of methoxy groups -OCH3 is 1. The summed E-state index contributed by atoms with van der Waals surface area (Å²) in [5.74, 6) is 1.64. The Kier molecular flexibility index (Phi) is 63.7. The number of aryl methyl sites for hydroxylation is 18. The molecule has 0 spiro atoms. The third kappa shape index (κ3) is 53.3. The summed E-state index contributed by atoms with van der Waals surface area (Å²) in [7, 11) is -6.99. The number of ether oxygens (including phenoxy) is 5. The zero-order valence-corrected chi connectivity index (χ0v) is 94.6. The first-order valence-corrected chi connectivity index (χ1v) is 63.3. The van der Waals surface area contributed by atoms with Crippen molar-refractivity contribution in [3.8, 4) is 40.2 Å². The lowest BCUT2D eigenvalue weighted by Gasteiger charge is -2.23. The minimum atomic E-state index is -3.08. The minimum Gasteiger partial charge on any atom is -0.507 e. The lowest BCUT2D eigenvalue weighted by atomic mass is 9.84. The molecule has 0 saturated carbocycles. The van der Waals surface area contributed by atoms with Crippen LogP contribution in [0.5, 0.6) is 40.2 Å². The number of carbonyl (C=O) groups is 4. The van der Waals surface area contributed by atoms with E-state index >= 15 is 0 Å². The second kappa shape index (κ2) is 68.8. The van der Waals surface area contributed by atoms with Crippen molar-refractivity contribution in [2.75, 3.05) is 46.8 Å². The first kappa shape index (κ1) is 127. The summed E-state index contributed by atoms with van der Waals surface area (Å²) < 4.78 is 60.1. The Morgan fingerprint density at radius 2 is 0.708 bits per heavy atom. The Hall–Kier alpha value is -8.18. The summed E-state index contributed by atoms with van der Waals surface area (Å²) >= 11 is 0. The quantitative estimate of drug-likeness (QED) is 0.00354. The number of hydrogen-bond donors (Lipinski definition) is 7. The van der Waals surface area contributed by atoms with Crippen molar-refractivity contribution in [2.24, 2.45) is 0 Å². The molecule has 770 valence electrons. The van der Waals surface area contributed by atoms with Crippen molar-refractivity contribution >= 4 is 66.4 Å². The van der Waals surface area contributed by atoms with E-state index in [9.17, 15) is 59.2 Å². The van der Waals surface area contributed by atoms with Crippen molar-refractivity contribution in [2.45, 2.75) is 369 Å². The lowest BCUT2D eigenvalue weighted by molar-refractivity contribution is -0.145. The monoisotopic (exact) mass is 1990 g/mol. The van der Waals surface area contributed by atoms with Gasteiger partial charge in [0.2, 0.25) is 0 Å². The molecular formula is C111H179O21PSi4. The van der Waals surface area contributed by atoms with Crippen molar-refractivity contribution < 1.29 is 100 Å². The van der Waals surface area contributed by atoms with Gasteiger partial charge in [-0.3, -0.25) is 18.9 Å². The van der Waals surface area contributed by atoms with Crippen molar-refractivity contribution in [3.63, 3.8) is 0 Å². The highest BCUT2D eigenvalue weighted by molar-refractivity contribution is 7.53. The van der Waals surface area contributed by atoms with E-state index in [2.05, 4.69) is 125 Å². The van der Waals surface area contributed by atoms with Gasteiger partial charge in [0.05, 0.1) is 39.2 Å². The number of benzene rings is 7. The van der Waals surface area contributed by atoms with Gasteiger partial charge < -0.3 is 76.4 Å². The summed E-state index contributed by atoms with van der Waals surface area (Å²) in [4.78, 5) is 56.5. The molecule has 2 atom stereocenters. The molecule has 2 unspecified atom stereocenters. The third-order valence-electron chi connectivity index (χ3n) is 22.3. The van der Waals surface area contributed by atoms with Crippen LogP contribution in [-0.4, -0.2) is 141 Å². The van der Waals surface area contributed by atoms with Gasteiger partial charge in [0.25, 0.3) is 0 Å². The smallest absolute Gasteiger partial charge is 0.335 e. The van der Waals surface area contributed by atoms with Crippen LogP contribution in [0.15, 0.2) is 97.6 Å². The standard InChI is InChI=1S/C37H56O3.C15H22O3.C14H20O4.C14H26O3Si2.C13H21O4P.C13H18O3.C5H16OSi2/c1-7-12-16-20-29-24-31(22-18-14-9-3)36(39)33(26-29)28(6)34-27-30(21-17-13-8-2)25-32(23-19-15-10-4)37(34)40-35(38)11-5;1-4-5-8-18-14(16)7-6-13-9-11(2)15(17)12(3)10-13;1-10-8-12(9-11(2)14(10)16)4-5-13(15)18-7-6-17-3;1-11-9-13(10-12(2)14(11)15)7-6-8-18(16)17-19(3,4)5;1-5-16-18(15,17-6-2)9-12-7-10(3)13(14)11(4)8-12;1-4-16-12(14)6-5-11-7-9(2)13(15)10(3)8-11;1-7(2)6-8(3,4)5/h11,24-28,39H,5,7-10,12-23H2,1-4,6H3;9-10,17H,4-8H2,1-3H3;8-9,16H,4-7H2,1-3H3;9-10,15-16,18H,6-8H2,1-5H3;7-8,14H,5-6,9H2,1-4H3;7-8,15H,4-6H2,1-3H3;7H,1-5H3. The molecule has 21 nitrogen and oxygen atoms in total. The minimum absolute atomic E-state index is 0.111. The number of hydrogen-bond acceptors (Lipinski definition) is 21. The van der Waals surface area contributed by atoms with Crippen molar-refractivity contribution in [3.05, 3.63) is 214 Å². The van der Waals surface area contributed by atoms with Crippen LogP contribution in [0.1, 0.15) is 301 Å². The summed E-state index contributed by atoms with van der Waals surface area (Å²) in [6.07, 6.45) is 26.0. The molecule has 0 saturated heterocycles. The predicted molar refractivity (Wildman–Crippen MR) is 574 cm³/mol. The molecule has 137 heavy (non-hydrogen) atoms. The first-order chi connectivity index (χ1) is 64.5. The van der Waals surface area contributed by atoms with Crippen LogP contribution in [0.25, 0.3) is 0 Å². The maximum Gasteiger partial charge on any atom is 0.335 e. The Labute approximate surface area is 831 Å². The Bertz CT molecular complexity index is 4580. The molecule has 0 heterocycles. The molecule has 0 aliphatic rings. The van der Waals surface area contributed by atoms with E-state index in [0.717, 1.165) is 209 Å². The molecule has 7 rings (SSSR count). The van der Waals surface area contributed by atoms with Gasteiger partial charge >= 0.3 is 40.8 Å². The van der Waals surface area contributed by atoms with Gasteiger partial charge in [0.1, 0.15) is 46.9 Å². The van der Waals surface area contributed by atoms with E-state index in [-0.39, 0.29) is 35.7 Å². The molecular weight excluding hydrogens is 1810 g/mol. The van der Waals surface area contributed by atoms with E-state index in [1.165, 1.54) is 48.4 Å². The van der Waals surface area contributed by atoms with Crippen molar-refractivity contribution in [1.29, 1.82) is 0 Å². The molecule has 0 amide bonds. The molecule has 0 radical (unpaired) electrons. The van der Waals surface area contributed by atoms with E-state index < -0.39 is 48.5 Å². The average molecular weight is 1990 g/mol. The number of phenolic OH excluding ortho intramolecular Hbond substituents is 6. The number of esters is 4. The highest BCUT2D eigenvalue weighted by Gasteiger charge is 2.28. The van der Waals surface area contributed by atoms with Gasteiger partial charge in [-0.2, -0.15) is 0 Å². The Morgan fingerprint density at radius 1 is 0.387 bits per heavy atom. The molecule has 0 bridgehead atoms. The van der Waals surface area contributed by atoms with Crippen LogP contribution < -0.4 is 4.74 Å². The number of phenols is 6. The number of carbonyl (C=O) groups excluding carboxylic acids is 4. The number of aromatic hydroxyl groups is 6. The fourth-order valence-electron chi connectivity index (χ4n) is 15.6. The van der Waals surface area contributed by atoms with E-state index in [1.54, 1.807) is 27.9 Å². The fourth-order valence-corrected chi connectivity index (χ4v) is 27.2. The first-order valence-electron chi connectivity index (χ1n) is 50.2. The second-order valence-electron chi connectivity index (χ2n) is 38.0. The highest BCUT2D eigenvalue weighted by atomic mass is 31.2. The van der Waals surface area contributed by atoms with E-state index in [0.29, 0.717) is 113 Å². The highest BCUT2D eigenvalue weighted by Crippen LogP contribution is 2.52. The summed E-state index contributed by atoms with van der Waals surface area (Å²) in [6.45, 7) is 60.6. The maximum absolute atomic E-state index is 12.5. The zero-order valence-electron chi connectivity index (χ0n) is 89.4. The molecule has 0 aliphatic carbocycles. The van der Waals surface area contributed by atoms with Gasteiger partial charge in [-0.15, -0.1) is 0 Å². The molecule has 7 N–H and O–H groups in total. The van der Waals surface area contributed by atoms with Crippen molar-refractivity contribution in [1.82, 2.24) is 0 Å². The van der Waals surface area contributed by atoms with Gasteiger partial charge in [0.15, 0.2) is 25.7 Å². The Morgan fingerprint density at radius 3 is 1.04 bits per heavy atom. The van der Waals surface area contributed by atoms with E-state index in [4.69, 9.17) is 41.0 Å². The largest absolute Gasteiger partial charge is 0.507 e. The lowest BCUT2D eigenvalue weighted by Crippen LogP contribution is -2.34. The summed E-state index contributed by atoms with van der Waals surface area (Å²) in [6, 6.07) is 28.8. The second-order valence-corrected chi connectivity index (χ2v) is 54.0. The van der Waals surface area contributed by atoms with Crippen LogP contribution >= 0.6 is 7.60 Å². The van der Waals surface area contributed by atoms with Gasteiger partial charge in [0, 0.05) is 49.5 Å². The number of rotatable bonds is 50. The van der Waals surface area contributed by atoms with Crippen LogP contribution in [0.4, 0.5) is 0 Å². The van der Waals surface area contributed by atoms with Crippen LogP contribution in [0.2, 0.25) is 58.4 Å². The number of unbranched alkanes of at least 4 members (excludes halogenated alkanes) is 9. The molecule has 7 aromatic carbocycles. The zero-order chi connectivity index (χ0) is 104. The van der Waals surface area contributed by atoms with Crippen LogP contribution in [0, 0.1) is 69.2 Å². The van der Waals surface area contributed by atoms with Gasteiger partial charge in [-0.05, 0) is 344 Å². The molecule has 0 aliphatic heterocycles. The Balaban J connectivity index is 0.000000838. The maximum atomic E-state index is 12.5. The predicted octanol–water partition coefficient (Wildman–Crippen LogP) is 27.1. The van der Waals surface area contributed by atoms with Crippen LogP contribution in [0.3, 0.4) is 0 Å². The normalized spacial score (nSPS) is 11.6. The molecule has 26 heteroatoms. The van der Waals surface area contributed by atoms with Gasteiger partial charge in [-0.25, -0.2) is 4.79 Å². The topological polar surface area (TPSA) is 310 Å². The molecule has 0 aromatic heterocycles. The summed E-state index contributed by atoms with van der Waals surface area (Å²) in [5, 5.41) is 59.9. The van der Waals surface area contributed by atoms with Gasteiger partial charge in [-0.1, -0.05) is 191 Å². The summed E-state index contributed by atoms with van der Waals surface area (Å²) in [5.41, 5.74) is 20.4. The third-order valence-corrected chi connectivity index (χ3v) is 33.9. The van der Waals surface area contributed by atoms with E-state index in [1.807, 2.05) is 130 Å².